The number of hydrogen-bond donors (Lipinski definition) is 3. The lowest BCUT2D eigenvalue weighted by Crippen LogP contribution is -2.00. The van der Waals surface area contributed by atoms with Crippen molar-refractivity contribution in [1.29, 1.82) is 5.41 Å². The van der Waals surface area contributed by atoms with E-state index < -0.39 is 11.9 Å². The number of hydrogen-bond acceptors (Lipinski definition) is 4. The van der Waals surface area contributed by atoms with E-state index in [-0.39, 0.29) is 12.8 Å². The minimum atomic E-state index is -1.08. The van der Waals surface area contributed by atoms with Crippen LogP contribution in [0.2, 0.25) is 0 Å². The molecule has 17 heavy (non-hydrogen) atoms. The van der Waals surface area contributed by atoms with Crippen molar-refractivity contribution >= 4 is 17.9 Å². The lowest BCUT2D eigenvalue weighted by atomic mass is 10.2. The molecule has 0 aliphatic rings. The lowest BCUT2D eigenvalue weighted by molar-refractivity contribution is -0.143. The molecule has 0 aromatic heterocycles. The highest BCUT2D eigenvalue weighted by Gasteiger charge is 2.00. The highest BCUT2D eigenvalue weighted by Crippen LogP contribution is 1.97. The van der Waals surface area contributed by atoms with E-state index in [4.69, 9.17) is 15.6 Å². The molecule has 0 radical (unpaired) electrons. The summed E-state index contributed by atoms with van der Waals surface area (Å²) < 4.78 is 0. The van der Waals surface area contributed by atoms with E-state index in [0.717, 1.165) is 13.0 Å². The van der Waals surface area contributed by atoms with Gasteiger partial charge < -0.3 is 10.2 Å². The third-order valence-electron chi connectivity index (χ3n) is 1.76. The van der Waals surface area contributed by atoms with Gasteiger partial charge in [0.05, 0.1) is 18.9 Å². The van der Waals surface area contributed by atoms with Gasteiger partial charge in [-0.2, -0.15) is 0 Å². The van der Waals surface area contributed by atoms with Gasteiger partial charge in [0.1, 0.15) is 0 Å². The number of carbonyl (C=O) groups is 2. The Kier molecular flexibility index (Phi) is 14.9. The summed E-state index contributed by atoms with van der Waals surface area (Å²) in [6.45, 7) is 2.96. The Bertz CT molecular complexity index is 246. The maximum absolute atomic E-state index is 9.64. The van der Waals surface area contributed by atoms with Crippen LogP contribution < -0.4 is 0 Å². The molecule has 0 aromatic carbocycles. The van der Waals surface area contributed by atoms with Gasteiger partial charge >= 0.3 is 11.9 Å². The Morgan fingerprint density at radius 2 is 1.65 bits per heavy atom. The van der Waals surface area contributed by atoms with Crippen LogP contribution in [-0.2, 0) is 9.59 Å². The van der Waals surface area contributed by atoms with Crippen molar-refractivity contribution in [1.82, 2.24) is 0 Å². The number of aliphatic imine (C=N–C) groups is 1. The summed E-state index contributed by atoms with van der Waals surface area (Å²) in [5, 5.41) is 22.3. The summed E-state index contributed by atoms with van der Waals surface area (Å²) in [6.07, 6.45) is 4.30. The average molecular weight is 244 g/mol. The second-order valence-corrected chi connectivity index (χ2v) is 3.34. The number of carboxylic acids is 2. The van der Waals surface area contributed by atoms with Crippen LogP contribution in [0.4, 0.5) is 0 Å². The fraction of sp³-hybridized carbons (Fsp3) is 0.727. The molecule has 0 unspecified atom stereocenters. The molecule has 0 spiro atoms. The van der Waals surface area contributed by atoms with Crippen molar-refractivity contribution in [3.05, 3.63) is 0 Å². The van der Waals surface area contributed by atoms with Crippen molar-refractivity contribution in [3.8, 4) is 0 Å². The van der Waals surface area contributed by atoms with Gasteiger partial charge in [0.2, 0.25) is 0 Å². The van der Waals surface area contributed by atoms with E-state index >= 15 is 0 Å². The highest BCUT2D eigenvalue weighted by atomic mass is 16.4. The summed E-state index contributed by atoms with van der Waals surface area (Å²) >= 11 is 0. The molecule has 0 fully saturated rings. The van der Waals surface area contributed by atoms with E-state index in [9.17, 15) is 9.59 Å². The molecular formula is C11H20N2O4. The van der Waals surface area contributed by atoms with E-state index in [1.165, 1.54) is 19.3 Å². The first-order valence-corrected chi connectivity index (χ1v) is 5.56. The molecule has 0 saturated carbocycles. The van der Waals surface area contributed by atoms with E-state index in [2.05, 4.69) is 11.9 Å². The molecule has 0 aliphatic carbocycles. The van der Waals surface area contributed by atoms with Crippen LogP contribution in [0.25, 0.3) is 0 Å². The van der Waals surface area contributed by atoms with Gasteiger partial charge in [0.25, 0.3) is 0 Å². The van der Waals surface area contributed by atoms with Crippen LogP contribution >= 0.6 is 0 Å². The normalized spacial score (nSPS) is 8.53. The fourth-order valence-electron chi connectivity index (χ4n) is 0.887. The van der Waals surface area contributed by atoms with Crippen molar-refractivity contribution in [3.63, 3.8) is 0 Å². The number of nitrogens with zero attached hydrogens (tertiary/aromatic N) is 1. The Morgan fingerprint density at radius 3 is 2.00 bits per heavy atom. The number of aliphatic carboxylic acids is 2. The van der Waals surface area contributed by atoms with Gasteiger partial charge in [0.15, 0.2) is 0 Å². The Hall–Kier alpha value is -1.68. The molecule has 6 heteroatoms. The van der Waals surface area contributed by atoms with E-state index in [1.54, 1.807) is 0 Å². The maximum atomic E-state index is 9.64. The molecule has 6 nitrogen and oxygen atoms in total. The first kappa shape index (κ1) is 17.7. The van der Waals surface area contributed by atoms with Gasteiger partial charge in [-0.3, -0.25) is 9.59 Å². The smallest absolute Gasteiger partial charge is 0.303 e. The molecule has 0 heterocycles. The topological polar surface area (TPSA) is 111 Å². The Labute approximate surface area is 101 Å². The van der Waals surface area contributed by atoms with Gasteiger partial charge in [-0.1, -0.05) is 26.2 Å². The van der Waals surface area contributed by atoms with E-state index in [0.29, 0.717) is 0 Å². The van der Waals surface area contributed by atoms with Crippen molar-refractivity contribution in [2.24, 2.45) is 4.99 Å². The predicted molar refractivity (Wildman–Crippen MR) is 63.7 cm³/mol. The largest absolute Gasteiger partial charge is 0.481 e. The van der Waals surface area contributed by atoms with Crippen molar-refractivity contribution < 1.29 is 19.8 Å². The molecule has 0 amide bonds. The monoisotopic (exact) mass is 244 g/mol. The minimum absolute atomic E-state index is 0.296. The maximum Gasteiger partial charge on any atom is 0.303 e. The molecule has 0 atom stereocenters. The van der Waals surface area contributed by atoms with Crippen molar-refractivity contribution in [2.45, 2.75) is 45.4 Å². The standard InChI is InChI=1S/C7H14N2.C4H6O4/c1-2-3-4-5-6-9-7-8;5-3(6)1-2-4(7)8/h8H,2-6H2,1H3;1-2H2,(H,5,6)(H,7,8). The second kappa shape index (κ2) is 14.3. The summed E-state index contributed by atoms with van der Waals surface area (Å²) in [5.74, 6) is -2.15. The van der Waals surface area contributed by atoms with Crippen LogP contribution in [0.3, 0.4) is 0 Å². The van der Waals surface area contributed by atoms with Crippen LogP contribution in [-0.4, -0.2) is 34.7 Å². The molecule has 0 saturated heterocycles. The fourth-order valence-corrected chi connectivity index (χ4v) is 0.887. The number of unbranched alkanes of at least 4 members (excludes halogenated alkanes) is 3. The third kappa shape index (κ3) is 25.0. The average Bonchev–Trinajstić information content (AvgIpc) is 2.27. The van der Waals surface area contributed by atoms with Crippen LogP contribution in [0.5, 0.6) is 0 Å². The summed E-state index contributed by atoms with van der Waals surface area (Å²) in [6, 6.07) is 2.02. The van der Waals surface area contributed by atoms with Gasteiger partial charge in [0, 0.05) is 6.54 Å². The highest BCUT2D eigenvalue weighted by molar-refractivity contribution is 5.75. The Morgan fingerprint density at radius 1 is 1.12 bits per heavy atom. The molecule has 0 bridgehead atoms. The quantitative estimate of drug-likeness (QED) is 0.449. The first-order chi connectivity index (χ1) is 8.04. The van der Waals surface area contributed by atoms with Gasteiger partial charge in [-0.15, -0.1) is 0 Å². The second-order valence-electron chi connectivity index (χ2n) is 3.34. The minimum Gasteiger partial charge on any atom is -0.481 e. The van der Waals surface area contributed by atoms with Crippen LogP contribution in [0.15, 0.2) is 4.99 Å². The summed E-state index contributed by atoms with van der Waals surface area (Å²) in [4.78, 5) is 22.9. The summed E-state index contributed by atoms with van der Waals surface area (Å²) in [7, 11) is 0. The zero-order chi connectivity index (χ0) is 13.5. The molecule has 0 aromatic rings. The molecule has 0 aliphatic heterocycles. The van der Waals surface area contributed by atoms with Crippen molar-refractivity contribution in [2.75, 3.05) is 6.54 Å². The lowest BCUT2D eigenvalue weighted by Gasteiger charge is -1.91. The Balaban J connectivity index is 0. The number of carboxylic acid groups (broad SMARTS) is 2. The van der Waals surface area contributed by atoms with Crippen LogP contribution in [0, 0.1) is 5.41 Å². The SMILES string of the molecule is CCCCCCN=C=N.O=C(O)CCC(=O)O. The molecular weight excluding hydrogens is 224 g/mol. The summed E-state index contributed by atoms with van der Waals surface area (Å²) in [5.41, 5.74) is 0. The van der Waals surface area contributed by atoms with Gasteiger partial charge in [-0.25, -0.2) is 10.4 Å². The van der Waals surface area contributed by atoms with E-state index in [1.807, 2.05) is 6.01 Å². The molecule has 3 N–H and O–H groups in total. The first-order valence-electron chi connectivity index (χ1n) is 5.56. The number of nitrogens with one attached hydrogen (secondary N) is 1. The predicted octanol–water partition coefficient (Wildman–Crippen LogP) is 2.26. The number of rotatable bonds is 8. The van der Waals surface area contributed by atoms with Crippen LogP contribution in [0.1, 0.15) is 45.4 Å². The third-order valence-corrected chi connectivity index (χ3v) is 1.76. The zero-order valence-corrected chi connectivity index (χ0v) is 10.1. The molecule has 98 valence electrons. The zero-order valence-electron chi connectivity index (χ0n) is 10.1. The molecule has 0 rings (SSSR count). The van der Waals surface area contributed by atoms with Gasteiger partial charge in [-0.05, 0) is 6.42 Å².